The number of carbonyl (C=O) groups excluding carboxylic acids is 3. The second-order valence-electron chi connectivity index (χ2n) is 11.8. The van der Waals surface area contributed by atoms with Crippen molar-refractivity contribution in [1.82, 2.24) is 19.7 Å². The number of alkyl halides is 3. The van der Waals surface area contributed by atoms with Gasteiger partial charge in [0, 0.05) is 38.4 Å². The molecule has 1 amide bonds. The van der Waals surface area contributed by atoms with E-state index in [2.05, 4.69) is 16.3 Å². The Morgan fingerprint density at radius 3 is 2.46 bits per heavy atom. The van der Waals surface area contributed by atoms with Crippen molar-refractivity contribution < 1.29 is 41.9 Å². The Morgan fingerprint density at radius 2 is 1.88 bits per heavy atom. The van der Waals surface area contributed by atoms with Gasteiger partial charge in [-0.05, 0) is 54.8 Å². The first-order valence-electron chi connectivity index (χ1n) is 14.5. The number of nitrogens with zero attached hydrogens (tertiary/aromatic N) is 6. The zero-order chi connectivity index (χ0) is 36.0. The van der Waals surface area contributed by atoms with Crippen molar-refractivity contribution in [2.45, 2.75) is 32.0 Å². The van der Waals surface area contributed by atoms with E-state index >= 15 is 0 Å². The van der Waals surface area contributed by atoms with Gasteiger partial charge in [0.05, 0.1) is 50.5 Å². The van der Waals surface area contributed by atoms with Crippen LogP contribution in [0.4, 0.5) is 24.8 Å². The lowest BCUT2D eigenvalue weighted by molar-refractivity contribution is -0.882. The quantitative estimate of drug-likeness (QED) is 0.204. The molecule has 0 fully saturated rings. The number of nitriles is 1. The number of halogens is 3. The smallest absolute Gasteiger partial charge is 0.416 e. The van der Waals surface area contributed by atoms with E-state index in [1.165, 1.54) is 33.6 Å². The minimum atomic E-state index is -4.63. The number of allylic oxidation sites excluding steroid dienone is 1. The van der Waals surface area contributed by atoms with Gasteiger partial charge < -0.3 is 24.0 Å². The Morgan fingerprint density at radius 1 is 1.21 bits per heavy atom. The Bertz CT molecular complexity index is 1800. The third-order valence-electron chi connectivity index (χ3n) is 7.82. The van der Waals surface area contributed by atoms with E-state index in [0.29, 0.717) is 40.6 Å². The zero-order valence-corrected chi connectivity index (χ0v) is 27.3. The number of aromatic amines is 1. The number of rotatable bonds is 9. The van der Waals surface area contributed by atoms with Crippen LogP contribution in [0, 0.1) is 11.3 Å². The number of anilines is 2. The van der Waals surface area contributed by atoms with Crippen molar-refractivity contribution in [2.24, 2.45) is 0 Å². The second-order valence-corrected chi connectivity index (χ2v) is 11.8. The number of quaternary nitrogens is 1. The highest BCUT2D eigenvalue weighted by molar-refractivity contribution is 5.93. The number of nitrogens with one attached hydrogen (secondary N) is 1. The summed E-state index contributed by atoms with van der Waals surface area (Å²) in [5.41, 5.74) is 0.229. The highest BCUT2D eigenvalue weighted by Crippen LogP contribution is 2.43. The molecule has 1 aromatic heterocycles. The standard InChI is InChI=1S/C31H34F3N7O4.CH2O2/c1-19-26(28(43)45-6)27(40-29(36-37-30(40)44)39(19)23-11-7-10-22(16-23)31(32,33)34)24-13-12-20(17-35)15-21(24)9-8-14-41(4,5)18-25(42)38(2)3;2-1-3/h7,10-13,15-16,27H,8-9,14,18H2,1-6H3;1H,(H,2,3). The third kappa shape index (κ3) is 8.10. The van der Waals surface area contributed by atoms with Crippen LogP contribution in [0.5, 0.6) is 0 Å². The summed E-state index contributed by atoms with van der Waals surface area (Å²) in [4.78, 5) is 50.2. The lowest BCUT2D eigenvalue weighted by Crippen LogP contribution is -2.47. The number of ether oxygens (including phenoxy) is 1. The Kier molecular flexibility index (Phi) is 11.6. The molecular formula is C32H36F3N7O6. The van der Waals surface area contributed by atoms with Crippen LogP contribution in [-0.2, 0) is 31.7 Å². The van der Waals surface area contributed by atoms with Gasteiger partial charge in [-0.15, -0.1) is 5.10 Å². The van der Waals surface area contributed by atoms with Gasteiger partial charge in [0.25, 0.3) is 5.91 Å². The van der Waals surface area contributed by atoms with E-state index in [1.807, 2.05) is 14.1 Å². The number of esters is 1. The van der Waals surface area contributed by atoms with Crippen LogP contribution >= 0.6 is 0 Å². The fourth-order valence-electron chi connectivity index (χ4n) is 5.52. The maximum absolute atomic E-state index is 13.6. The molecule has 1 atom stereocenters. The van der Waals surface area contributed by atoms with E-state index in [1.54, 1.807) is 39.2 Å². The van der Waals surface area contributed by atoms with Crippen molar-refractivity contribution in [1.29, 1.82) is 5.26 Å². The van der Waals surface area contributed by atoms with Gasteiger partial charge in [0.2, 0.25) is 5.95 Å². The van der Waals surface area contributed by atoms with Crippen LogP contribution in [0.1, 0.15) is 41.6 Å². The van der Waals surface area contributed by atoms with Crippen LogP contribution in [0.3, 0.4) is 0 Å². The summed E-state index contributed by atoms with van der Waals surface area (Å²) in [6.07, 6.45) is -3.60. The van der Waals surface area contributed by atoms with Gasteiger partial charge >= 0.3 is 17.8 Å². The number of hydrogen-bond donors (Lipinski definition) is 1. The van der Waals surface area contributed by atoms with Gasteiger partial charge in [0.15, 0.2) is 6.54 Å². The predicted octanol–water partition coefficient (Wildman–Crippen LogP) is 2.11. The number of methoxy groups -OCH3 is 1. The molecule has 13 nitrogen and oxygen atoms in total. The molecule has 0 radical (unpaired) electrons. The number of fused-ring (bicyclic) bond motifs is 1. The topological polar surface area (TPSA) is 164 Å². The molecule has 1 aliphatic heterocycles. The number of aromatic nitrogens is 3. The van der Waals surface area contributed by atoms with E-state index in [4.69, 9.17) is 14.6 Å². The maximum atomic E-state index is 13.6. The lowest BCUT2D eigenvalue weighted by Gasteiger charge is -2.36. The minimum absolute atomic E-state index is 0.0181. The number of benzene rings is 2. The molecule has 0 aliphatic carbocycles. The molecule has 16 heteroatoms. The summed E-state index contributed by atoms with van der Waals surface area (Å²) in [6, 6.07) is 10.5. The van der Waals surface area contributed by atoms with Crippen LogP contribution in [0.2, 0.25) is 0 Å². The Labute approximate surface area is 274 Å². The molecule has 1 aliphatic rings. The van der Waals surface area contributed by atoms with Gasteiger partial charge in [-0.3, -0.25) is 9.69 Å². The fraction of sp³-hybridized carbons (Fsp3) is 0.375. The number of hydrogen-bond acceptors (Lipinski definition) is 9. The van der Waals surface area contributed by atoms with Crippen molar-refractivity contribution in [3.63, 3.8) is 0 Å². The fourth-order valence-corrected chi connectivity index (χ4v) is 5.52. The second kappa shape index (κ2) is 15.0. The molecule has 0 bridgehead atoms. The number of carbonyl (C=O) groups is 3. The van der Waals surface area contributed by atoms with Crippen LogP contribution < -0.4 is 15.7 Å². The normalized spacial score (nSPS) is 14.3. The number of likely N-dealkylation sites (N-methyl/N-ethyl adjacent to an activating group) is 2. The number of aryl methyl sites for hydroxylation is 1. The molecule has 48 heavy (non-hydrogen) atoms. The van der Waals surface area contributed by atoms with E-state index in [-0.39, 0.29) is 35.4 Å². The third-order valence-corrected chi connectivity index (χ3v) is 7.82. The van der Waals surface area contributed by atoms with Crippen LogP contribution in [0.15, 0.2) is 58.5 Å². The number of amides is 1. The largest absolute Gasteiger partial charge is 0.554 e. The SMILES string of the molecule is COC(=O)C1=C(C)N(c2cccc(C(F)(F)F)c2)c2n[nH]c(=O)n2C1c1ccc(C#N)cc1CCC[N+](C)(C)CC(=O)N(C)C.O=C[O-]. The summed E-state index contributed by atoms with van der Waals surface area (Å²) in [7, 11) is 8.45. The summed E-state index contributed by atoms with van der Waals surface area (Å²) >= 11 is 0. The predicted molar refractivity (Wildman–Crippen MR) is 165 cm³/mol. The monoisotopic (exact) mass is 671 g/mol. The number of H-pyrrole nitrogens is 1. The van der Waals surface area contributed by atoms with Crippen LogP contribution in [0.25, 0.3) is 0 Å². The summed E-state index contributed by atoms with van der Waals surface area (Å²) in [5.74, 6) is -0.830. The summed E-state index contributed by atoms with van der Waals surface area (Å²) in [5, 5.41) is 24.4. The summed E-state index contributed by atoms with van der Waals surface area (Å²) < 4.78 is 47.6. The van der Waals surface area contributed by atoms with Gasteiger partial charge in [-0.2, -0.15) is 18.4 Å². The molecule has 256 valence electrons. The highest BCUT2D eigenvalue weighted by atomic mass is 19.4. The van der Waals surface area contributed by atoms with Gasteiger partial charge in [0.1, 0.15) is 6.04 Å². The number of carboxylic acid groups (broad SMARTS) is 1. The van der Waals surface area contributed by atoms with E-state index < -0.39 is 35.9 Å². The first kappa shape index (κ1) is 37.0. The van der Waals surface area contributed by atoms with Crippen molar-refractivity contribution in [3.05, 3.63) is 86.5 Å². The molecule has 0 spiro atoms. The summed E-state index contributed by atoms with van der Waals surface area (Å²) in [6.45, 7) is 1.95. The Balaban J connectivity index is 0.00000201. The molecule has 1 N–H and O–H groups in total. The zero-order valence-electron chi connectivity index (χ0n) is 27.3. The molecule has 1 unspecified atom stereocenters. The molecule has 4 rings (SSSR count). The van der Waals surface area contributed by atoms with Crippen molar-refractivity contribution in [3.8, 4) is 6.07 Å². The molecule has 0 saturated heterocycles. The molecule has 2 heterocycles. The van der Waals surface area contributed by atoms with E-state index in [0.717, 1.165) is 12.1 Å². The van der Waals surface area contributed by atoms with E-state index in [9.17, 15) is 32.8 Å². The molecule has 3 aromatic rings. The molecular weight excluding hydrogens is 635 g/mol. The lowest BCUT2D eigenvalue weighted by atomic mass is 9.88. The first-order valence-corrected chi connectivity index (χ1v) is 14.5. The van der Waals surface area contributed by atoms with Crippen LogP contribution in [-0.4, -0.2) is 90.9 Å². The van der Waals surface area contributed by atoms with Crippen molar-refractivity contribution >= 4 is 30.0 Å². The average molecular weight is 672 g/mol. The Hall–Kier alpha value is -5.43. The maximum Gasteiger partial charge on any atom is 0.416 e. The first-order chi connectivity index (χ1) is 22.5. The van der Waals surface area contributed by atoms with Crippen molar-refractivity contribution in [2.75, 3.05) is 53.3 Å². The van der Waals surface area contributed by atoms with Gasteiger partial charge in [-0.25, -0.2) is 19.3 Å². The minimum Gasteiger partial charge on any atom is -0.554 e. The average Bonchev–Trinajstić information content (AvgIpc) is 3.40. The van der Waals surface area contributed by atoms with Gasteiger partial charge in [-0.1, -0.05) is 12.1 Å². The molecule has 0 saturated carbocycles. The highest BCUT2D eigenvalue weighted by Gasteiger charge is 2.41. The molecule has 2 aromatic carbocycles.